The molecule has 0 saturated heterocycles. The maximum absolute atomic E-state index is 13.2. The van der Waals surface area contributed by atoms with Crippen molar-refractivity contribution in [1.29, 1.82) is 0 Å². The fourth-order valence-corrected chi connectivity index (χ4v) is 1.48. The molecular weight excluding hydrogens is 261 g/mol. The largest absolute Gasteiger partial charge is 0.491 e. The van der Waals surface area contributed by atoms with Gasteiger partial charge in [0.15, 0.2) is 0 Å². The van der Waals surface area contributed by atoms with Gasteiger partial charge in [0.2, 0.25) is 0 Å². The third-order valence-electron chi connectivity index (χ3n) is 2.29. The molecular formula is C14H22FN3O2. The van der Waals surface area contributed by atoms with E-state index in [1.54, 1.807) is 0 Å². The van der Waals surface area contributed by atoms with Crippen LogP contribution in [0.5, 0.6) is 5.75 Å². The lowest BCUT2D eigenvalue weighted by Crippen LogP contribution is -2.43. The molecule has 0 atom stereocenters. The van der Waals surface area contributed by atoms with E-state index in [0.717, 1.165) is 0 Å². The summed E-state index contributed by atoms with van der Waals surface area (Å²) >= 11 is 0. The first-order chi connectivity index (χ1) is 9.31. The Bertz CT molecular complexity index is 458. The molecule has 112 valence electrons. The van der Waals surface area contributed by atoms with Crippen molar-refractivity contribution in [2.24, 2.45) is 5.73 Å². The van der Waals surface area contributed by atoms with E-state index in [1.165, 1.54) is 18.2 Å². The van der Waals surface area contributed by atoms with Crippen molar-refractivity contribution < 1.29 is 13.9 Å². The Morgan fingerprint density at radius 2 is 2.10 bits per heavy atom. The second kappa shape index (κ2) is 7.09. The summed E-state index contributed by atoms with van der Waals surface area (Å²) in [5, 5.41) is 5.41. The zero-order chi connectivity index (χ0) is 15.2. The molecule has 0 bridgehead atoms. The Kier molecular flexibility index (Phi) is 5.76. The molecule has 20 heavy (non-hydrogen) atoms. The maximum Gasteiger partial charge on any atom is 0.319 e. The molecule has 0 heterocycles. The van der Waals surface area contributed by atoms with E-state index in [9.17, 15) is 9.18 Å². The summed E-state index contributed by atoms with van der Waals surface area (Å²) in [6.45, 7) is 6.47. The van der Waals surface area contributed by atoms with Crippen LogP contribution in [0.3, 0.4) is 0 Å². The Morgan fingerprint density at radius 3 is 2.70 bits per heavy atom. The number of carbonyl (C=O) groups is 1. The minimum Gasteiger partial charge on any atom is -0.491 e. The monoisotopic (exact) mass is 283 g/mol. The number of hydrogen-bond acceptors (Lipinski definition) is 3. The van der Waals surface area contributed by atoms with Crippen LogP contribution in [0.4, 0.5) is 14.9 Å². The molecule has 0 aromatic heterocycles. The molecule has 0 unspecified atom stereocenters. The Morgan fingerprint density at radius 1 is 1.40 bits per heavy atom. The van der Waals surface area contributed by atoms with Crippen molar-refractivity contribution in [3.05, 3.63) is 24.0 Å². The number of urea groups is 1. The molecule has 4 N–H and O–H groups in total. The van der Waals surface area contributed by atoms with Crippen LogP contribution in [0.2, 0.25) is 0 Å². The molecule has 6 heteroatoms. The Balaban J connectivity index is 2.75. The maximum atomic E-state index is 13.2. The number of benzene rings is 1. The van der Waals surface area contributed by atoms with E-state index in [-0.39, 0.29) is 11.6 Å². The highest BCUT2D eigenvalue weighted by molar-refractivity contribution is 5.91. The molecule has 0 aliphatic heterocycles. The molecule has 2 amide bonds. The number of amides is 2. The number of nitrogens with two attached hydrogens (primary N) is 1. The van der Waals surface area contributed by atoms with Crippen molar-refractivity contribution >= 4 is 11.7 Å². The number of hydrogen-bond donors (Lipinski definition) is 3. The second-order valence-electron chi connectivity index (χ2n) is 5.46. The summed E-state index contributed by atoms with van der Waals surface area (Å²) in [6.07, 6.45) is 0.657. The fraction of sp³-hybridized carbons (Fsp3) is 0.500. The van der Waals surface area contributed by atoms with Crippen LogP contribution in [0.15, 0.2) is 18.2 Å². The van der Waals surface area contributed by atoms with Gasteiger partial charge in [-0.15, -0.1) is 0 Å². The quantitative estimate of drug-likeness (QED) is 0.727. The molecule has 1 aromatic carbocycles. The lowest BCUT2D eigenvalue weighted by atomic mass is 10.1. The predicted molar refractivity (Wildman–Crippen MR) is 77.5 cm³/mol. The van der Waals surface area contributed by atoms with E-state index >= 15 is 0 Å². The highest BCUT2D eigenvalue weighted by atomic mass is 19.1. The van der Waals surface area contributed by atoms with Gasteiger partial charge in [0.05, 0.1) is 12.3 Å². The molecule has 0 radical (unpaired) electrons. The van der Waals surface area contributed by atoms with E-state index < -0.39 is 5.82 Å². The van der Waals surface area contributed by atoms with Crippen molar-refractivity contribution in [3.8, 4) is 5.75 Å². The summed E-state index contributed by atoms with van der Waals surface area (Å²) in [6, 6.07) is 3.61. The summed E-state index contributed by atoms with van der Waals surface area (Å²) in [5.41, 5.74) is 5.44. The van der Waals surface area contributed by atoms with Crippen LogP contribution in [0.1, 0.15) is 27.2 Å². The van der Waals surface area contributed by atoms with Gasteiger partial charge in [-0.3, -0.25) is 0 Å². The minimum atomic E-state index is -0.422. The zero-order valence-corrected chi connectivity index (χ0v) is 12.1. The van der Waals surface area contributed by atoms with Gasteiger partial charge in [-0.25, -0.2) is 9.18 Å². The van der Waals surface area contributed by atoms with Gasteiger partial charge < -0.3 is 21.1 Å². The van der Waals surface area contributed by atoms with Crippen LogP contribution in [0.25, 0.3) is 0 Å². The Labute approximate surface area is 118 Å². The van der Waals surface area contributed by atoms with Gasteiger partial charge in [-0.1, -0.05) is 0 Å². The molecule has 0 aliphatic carbocycles. The fourth-order valence-electron chi connectivity index (χ4n) is 1.48. The van der Waals surface area contributed by atoms with Crippen molar-refractivity contribution in [1.82, 2.24) is 5.32 Å². The third-order valence-corrected chi connectivity index (χ3v) is 2.29. The van der Waals surface area contributed by atoms with E-state index in [2.05, 4.69) is 10.6 Å². The summed E-state index contributed by atoms with van der Waals surface area (Å²) in [5.74, 6) is -0.128. The van der Waals surface area contributed by atoms with Crippen molar-refractivity contribution in [2.75, 3.05) is 18.5 Å². The molecule has 0 spiro atoms. The molecule has 0 aliphatic rings. The number of rotatable bonds is 5. The zero-order valence-electron chi connectivity index (χ0n) is 12.1. The van der Waals surface area contributed by atoms with E-state index in [0.29, 0.717) is 31.0 Å². The topological polar surface area (TPSA) is 76.4 Å². The first-order valence-electron chi connectivity index (χ1n) is 6.53. The van der Waals surface area contributed by atoms with Gasteiger partial charge in [-0.2, -0.15) is 0 Å². The van der Waals surface area contributed by atoms with Crippen molar-refractivity contribution in [2.45, 2.75) is 32.7 Å². The lowest BCUT2D eigenvalue weighted by Gasteiger charge is -2.21. The average Bonchev–Trinajstić information content (AvgIpc) is 2.30. The number of halogens is 1. The number of ether oxygens (including phenoxy) is 1. The SMILES string of the molecule is CC(C)(C)NC(=O)Nc1ccc(F)cc1OCCCN. The van der Waals surface area contributed by atoms with Gasteiger partial charge in [0.25, 0.3) is 0 Å². The van der Waals surface area contributed by atoms with Gasteiger partial charge in [0.1, 0.15) is 11.6 Å². The highest BCUT2D eigenvalue weighted by Gasteiger charge is 2.15. The van der Waals surface area contributed by atoms with Gasteiger partial charge >= 0.3 is 6.03 Å². The first-order valence-corrected chi connectivity index (χ1v) is 6.53. The average molecular weight is 283 g/mol. The van der Waals surface area contributed by atoms with Crippen LogP contribution in [-0.2, 0) is 0 Å². The second-order valence-corrected chi connectivity index (χ2v) is 5.46. The molecule has 1 aromatic rings. The normalized spacial score (nSPS) is 11.1. The molecule has 0 fully saturated rings. The summed E-state index contributed by atoms with van der Waals surface area (Å²) < 4.78 is 18.7. The Hall–Kier alpha value is -1.82. The standard InChI is InChI=1S/C14H22FN3O2/c1-14(2,3)18-13(19)17-11-6-5-10(15)9-12(11)20-8-4-7-16/h5-6,9H,4,7-8,16H2,1-3H3,(H2,17,18,19). The third kappa shape index (κ3) is 5.88. The van der Waals surface area contributed by atoms with Crippen LogP contribution < -0.4 is 21.1 Å². The minimum absolute atomic E-state index is 0.294. The smallest absolute Gasteiger partial charge is 0.319 e. The van der Waals surface area contributed by atoms with Crippen LogP contribution in [0, 0.1) is 5.82 Å². The lowest BCUT2D eigenvalue weighted by molar-refractivity contribution is 0.243. The van der Waals surface area contributed by atoms with E-state index in [1.807, 2.05) is 20.8 Å². The van der Waals surface area contributed by atoms with Crippen LogP contribution >= 0.6 is 0 Å². The van der Waals surface area contributed by atoms with Gasteiger partial charge in [0, 0.05) is 11.6 Å². The predicted octanol–water partition coefficient (Wildman–Crippen LogP) is 2.47. The molecule has 0 saturated carbocycles. The van der Waals surface area contributed by atoms with E-state index in [4.69, 9.17) is 10.5 Å². The summed E-state index contributed by atoms with van der Waals surface area (Å²) in [7, 11) is 0. The number of anilines is 1. The van der Waals surface area contributed by atoms with Crippen molar-refractivity contribution in [3.63, 3.8) is 0 Å². The molecule has 5 nitrogen and oxygen atoms in total. The highest BCUT2D eigenvalue weighted by Crippen LogP contribution is 2.25. The number of nitrogens with one attached hydrogen (secondary N) is 2. The summed E-state index contributed by atoms with van der Waals surface area (Å²) in [4.78, 5) is 11.8. The first kappa shape index (κ1) is 16.2. The number of carbonyl (C=O) groups excluding carboxylic acids is 1. The molecule has 1 rings (SSSR count). The van der Waals surface area contributed by atoms with Gasteiger partial charge in [-0.05, 0) is 45.9 Å². The van der Waals surface area contributed by atoms with Crippen LogP contribution in [-0.4, -0.2) is 24.7 Å².